The summed E-state index contributed by atoms with van der Waals surface area (Å²) in [5.41, 5.74) is 3.83. The lowest BCUT2D eigenvalue weighted by atomic mass is 10.1. The summed E-state index contributed by atoms with van der Waals surface area (Å²) in [5.74, 6) is 0.573. The first-order chi connectivity index (χ1) is 11.2. The van der Waals surface area contributed by atoms with E-state index < -0.39 is 0 Å². The summed E-state index contributed by atoms with van der Waals surface area (Å²) in [4.78, 5) is 18.1. The summed E-state index contributed by atoms with van der Waals surface area (Å²) < 4.78 is 11.2. The first kappa shape index (κ1) is 14.7. The maximum atomic E-state index is 12.5. The molecule has 2 aromatic heterocycles. The molecule has 0 spiro atoms. The Morgan fingerprint density at radius 1 is 1.39 bits per heavy atom. The number of hydrogen-bond donors (Lipinski definition) is 1. The quantitative estimate of drug-likeness (QED) is 0.929. The maximum Gasteiger partial charge on any atom is 0.251 e. The van der Waals surface area contributed by atoms with Crippen molar-refractivity contribution in [2.45, 2.75) is 39.2 Å². The first-order valence-electron chi connectivity index (χ1n) is 7.87. The van der Waals surface area contributed by atoms with Gasteiger partial charge in [-0.05, 0) is 38.2 Å². The van der Waals surface area contributed by atoms with Crippen molar-refractivity contribution in [1.82, 2.24) is 4.98 Å². The van der Waals surface area contributed by atoms with Crippen molar-refractivity contribution in [3.05, 3.63) is 34.0 Å². The molecule has 2 aliphatic rings. The fourth-order valence-electron chi connectivity index (χ4n) is 3.08. The highest BCUT2D eigenvalue weighted by Crippen LogP contribution is 2.43. The Labute approximate surface area is 138 Å². The summed E-state index contributed by atoms with van der Waals surface area (Å²) in [6, 6.07) is 0. The maximum absolute atomic E-state index is 12.5. The molecule has 120 valence electrons. The average molecular weight is 330 g/mol. The monoisotopic (exact) mass is 330 g/mol. The van der Waals surface area contributed by atoms with E-state index in [-0.39, 0.29) is 5.91 Å². The molecule has 23 heavy (non-hydrogen) atoms. The highest BCUT2D eigenvalue weighted by Gasteiger charge is 2.26. The van der Waals surface area contributed by atoms with Crippen LogP contribution in [0.4, 0.5) is 5.00 Å². The zero-order valence-corrected chi connectivity index (χ0v) is 13.8. The summed E-state index contributed by atoms with van der Waals surface area (Å²) in [5, 5.41) is 3.89. The lowest BCUT2D eigenvalue weighted by molar-refractivity contribution is -0.112. The van der Waals surface area contributed by atoms with E-state index in [9.17, 15) is 4.79 Å². The Balaban J connectivity index is 1.73. The van der Waals surface area contributed by atoms with Gasteiger partial charge in [0.1, 0.15) is 11.3 Å². The van der Waals surface area contributed by atoms with E-state index in [1.165, 1.54) is 5.56 Å². The van der Waals surface area contributed by atoms with Crippen LogP contribution in [-0.4, -0.2) is 17.5 Å². The van der Waals surface area contributed by atoms with Crippen molar-refractivity contribution < 1.29 is 13.9 Å². The molecule has 0 saturated carbocycles. The van der Waals surface area contributed by atoms with Crippen LogP contribution in [0.5, 0.6) is 0 Å². The molecular weight excluding hydrogens is 312 g/mol. The predicted octanol–water partition coefficient (Wildman–Crippen LogP) is 3.83. The topological polar surface area (TPSA) is 64.4 Å². The normalized spacial score (nSPS) is 17.0. The van der Waals surface area contributed by atoms with Crippen molar-refractivity contribution in [2.75, 3.05) is 11.9 Å². The summed E-state index contributed by atoms with van der Waals surface area (Å²) in [7, 11) is 0. The Morgan fingerprint density at radius 3 is 3.04 bits per heavy atom. The molecule has 0 bridgehead atoms. The van der Waals surface area contributed by atoms with E-state index >= 15 is 0 Å². The Hall–Kier alpha value is -1.92. The lowest BCUT2D eigenvalue weighted by Gasteiger charge is -2.12. The van der Waals surface area contributed by atoms with Crippen LogP contribution in [0.2, 0.25) is 0 Å². The van der Waals surface area contributed by atoms with Crippen LogP contribution in [0.15, 0.2) is 22.3 Å². The number of allylic oxidation sites excluding steroid dienone is 1. The molecule has 6 heteroatoms. The molecule has 1 aliphatic carbocycles. The van der Waals surface area contributed by atoms with Gasteiger partial charge in [-0.25, -0.2) is 4.98 Å². The van der Waals surface area contributed by atoms with Crippen LogP contribution in [0.3, 0.4) is 0 Å². The molecule has 3 heterocycles. The minimum atomic E-state index is -0.00783. The molecule has 2 aromatic rings. The van der Waals surface area contributed by atoms with E-state index in [0.717, 1.165) is 52.4 Å². The number of aromatic nitrogens is 1. The van der Waals surface area contributed by atoms with Crippen molar-refractivity contribution in [3.63, 3.8) is 0 Å². The number of fused-ring (bicyclic) bond motifs is 1. The van der Waals surface area contributed by atoms with Gasteiger partial charge in [0.25, 0.3) is 5.91 Å². The van der Waals surface area contributed by atoms with Crippen LogP contribution < -0.4 is 5.32 Å². The van der Waals surface area contributed by atoms with Crippen molar-refractivity contribution >= 4 is 22.2 Å². The van der Waals surface area contributed by atoms with Crippen molar-refractivity contribution in [3.8, 4) is 11.5 Å². The number of rotatable bonds is 3. The number of nitrogens with zero attached hydrogens (tertiary/aromatic N) is 1. The highest BCUT2D eigenvalue weighted by molar-refractivity contribution is 7.17. The number of amides is 1. The minimum absolute atomic E-state index is 0.00783. The number of nitrogens with one attached hydrogen (secondary N) is 1. The molecule has 0 fully saturated rings. The van der Waals surface area contributed by atoms with E-state index in [1.807, 2.05) is 13.0 Å². The summed E-state index contributed by atoms with van der Waals surface area (Å²) >= 11 is 1.57. The second-order valence-corrected chi connectivity index (χ2v) is 6.99. The van der Waals surface area contributed by atoms with Gasteiger partial charge in [-0.2, -0.15) is 0 Å². The third-order valence-corrected chi connectivity index (χ3v) is 5.33. The molecule has 0 unspecified atom stereocenters. The van der Waals surface area contributed by atoms with Gasteiger partial charge in [0.2, 0.25) is 5.89 Å². The zero-order valence-electron chi connectivity index (χ0n) is 13.0. The van der Waals surface area contributed by atoms with E-state index in [4.69, 9.17) is 9.15 Å². The molecular formula is C17H18N2O3S. The first-order valence-corrected chi connectivity index (χ1v) is 8.69. The number of anilines is 1. The number of ether oxygens (including phenoxy) is 1. The fraction of sp³-hybridized carbons (Fsp3) is 0.412. The molecule has 0 saturated heterocycles. The molecule has 0 aromatic carbocycles. The smallest absolute Gasteiger partial charge is 0.251 e. The lowest BCUT2D eigenvalue weighted by Crippen LogP contribution is -2.13. The van der Waals surface area contributed by atoms with Gasteiger partial charge in [-0.1, -0.05) is 6.08 Å². The van der Waals surface area contributed by atoms with E-state index in [0.29, 0.717) is 19.1 Å². The van der Waals surface area contributed by atoms with Gasteiger partial charge in [-0.15, -0.1) is 11.3 Å². The van der Waals surface area contributed by atoms with Crippen LogP contribution >= 0.6 is 11.3 Å². The van der Waals surface area contributed by atoms with Gasteiger partial charge in [0.15, 0.2) is 0 Å². The highest BCUT2D eigenvalue weighted by atomic mass is 32.1. The van der Waals surface area contributed by atoms with Gasteiger partial charge < -0.3 is 14.5 Å². The second kappa shape index (κ2) is 5.94. The number of hydrogen-bond acceptors (Lipinski definition) is 5. The number of thiophene rings is 1. The van der Waals surface area contributed by atoms with Gasteiger partial charge in [0.05, 0.1) is 24.5 Å². The predicted molar refractivity (Wildman–Crippen MR) is 88.5 cm³/mol. The molecule has 4 rings (SSSR count). The van der Waals surface area contributed by atoms with Crippen LogP contribution in [0, 0.1) is 6.92 Å². The summed E-state index contributed by atoms with van der Waals surface area (Å²) in [6.45, 7) is 3.18. The number of oxazole rings is 1. The Morgan fingerprint density at radius 2 is 2.30 bits per heavy atom. The fourth-order valence-corrected chi connectivity index (χ4v) is 4.25. The molecule has 0 atom stereocenters. The van der Waals surface area contributed by atoms with Crippen LogP contribution in [0.1, 0.15) is 35.4 Å². The minimum Gasteiger partial charge on any atom is -0.444 e. The molecule has 1 amide bonds. The molecule has 1 N–H and O–H groups in total. The van der Waals surface area contributed by atoms with Crippen molar-refractivity contribution in [2.24, 2.45) is 0 Å². The molecule has 1 aliphatic heterocycles. The van der Waals surface area contributed by atoms with Crippen LogP contribution in [-0.2, 0) is 22.6 Å². The van der Waals surface area contributed by atoms with Gasteiger partial charge >= 0.3 is 0 Å². The van der Waals surface area contributed by atoms with E-state index in [1.54, 1.807) is 17.6 Å². The number of carbonyl (C=O) groups excluding carboxylic acids is 1. The third kappa shape index (κ3) is 2.72. The third-order valence-electron chi connectivity index (χ3n) is 4.21. The Bertz CT molecular complexity index is 788. The average Bonchev–Trinajstić information content (AvgIpc) is 3.25. The number of aryl methyl sites for hydroxylation is 1. The molecule has 5 nitrogen and oxygen atoms in total. The second-order valence-electron chi connectivity index (χ2n) is 5.88. The Kier molecular flexibility index (Phi) is 3.79. The zero-order chi connectivity index (χ0) is 15.8. The van der Waals surface area contributed by atoms with E-state index in [2.05, 4.69) is 10.3 Å². The SMILES string of the molecule is Cc1coc(-c2c(NC(=O)C3=CCCC3)sc3c2CCOC3)n1. The summed E-state index contributed by atoms with van der Waals surface area (Å²) in [6.07, 6.45) is 7.39. The standard InChI is InChI=1S/C17H18N2O3S/c1-10-8-22-16(18-10)14-12-6-7-21-9-13(12)23-17(14)19-15(20)11-4-2-3-5-11/h4,8H,2-3,5-7,9H2,1H3,(H,19,20). The largest absolute Gasteiger partial charge is 0.444 e. The molecule has 0 radical (unpaired) electrons. The van der Waals surface area contributed by atoms with Crippen molar-refractivity contribution in [1.29, 1.82) is 0 Å². The van der Waals surface area contributed by atoms with Gasteiger partial charge in [0, 0.05) is 10.5 Å². The van der Waals surface area contributed by atoms with Gasteiger partial charge in [-0.3, -0.25) is 4.79 Å². The van der Waals surface area contributed by atoms with Crippen LogP contribution in [0.25, 0.3) is 11.5 Å². The number of carbonyl (C=O) groups is 1.